The van der Waals surface area contributed by atoms with Crippen molar-refractivity contribution in [3.63, 3.8) is 0 Å². The summed E-state index contributed by atoms with van der Waals surface area (Å²) in [6, 6.07) is 9.59. The molecule has 10 heteroatoms. The van der Waals surface area contributed by atoms with Crippen molar-refractivity contribution >= 4 is 28.9 Å². The minimum atomic E-state index is -4.53. The number of hydrogen-bond donors (Lipinski definition) is 1. The first-order chi connectivity index (χ1) is 14.2. The minimum Gasteiger partial charge on any atom is -0.452 e. The van der Waals surface area contributed by atoms with Crippen LogP contribution in [0.3, 0.4) is 0 Å². The number of benzene rings is 1. The van der Waals surface area contributed by atoms with Gasteiger partial charge in [0.15, 0.2) is 6.10 Å². The summed E-state index contributed by atoms with van der Waals surface area (Å²) in [4.78, 5) is 32.8. The van der Waals surface area contributed by atoms with Crippen LogP contribution >= 0.6 is 11.3 Å². The summed E-state index contributed by atoms with van der Waals surface area (Å²) >= 11 is 1.32. The summed E-state index contributed by atoms with van der Waals surface area (Å²) in [5, 5.41) is 4.65. The van der Waals surface area contributed by atoms with Gasteiger partial charge in [-0.25, -0.2) is 4.98 Å². The largest absolute Gasteiger partial charge is 0.452 e. The Morgan fingerprint density at radius 3 is 2.70 bits per heavy atom. The van der Waals surface area contributed by atoms with E-state index >= 15 is 0 Å². The quantitative estimate of drug-likeness (QED) is 0.583. The average molecular weight is 435 g/mol. The fourth-order valence-corrected chi connectivity index (χ4v) is 3.25. The molecule has 3 aromatic rings. The lowest BCUT2D eigenvalue weighted by Gasteiger charge is -2.14. The molecule has 30 heavy (non-hydrogen) atoms. The number of hydrogen-bond acceptors (Lipinski definition) is 6. The normalized spacial score (nSPS) is 12.3. The first-order valence-electron chi connectivity index (χ1n) is 8.76. The van der Waals surface area contributed by atoms with Gasteiger partial charge in [-0.05, 0) is 37.3 Å². The van der Waals surface area contributed by atoms with Crippen LogP contribution < -0.4 is 5.32 Å². The molecule has 6 nitrogen and oxygen atoms in total. The molecular weight excluding hydrogens is 419 g/mol. The van der Waals surface area contributed by atoms with Gasteiger partial charge in [0.05, 0.1) is 23.4 Å². The molecule has 0 aliphatic rings. The molecule has 1 N–H and O–H groups in total. The third-order valence-electron chi connectivity index (χ3n) is 3.90. The van der Waals surface area contributed by atoms with E-state index in [2.05, 4.69) is 15.3 Å². The second-order valence-electron chi connectivity index (χ2n) is 6.24. The first-order valence-corrected chi connectivity index (χ1v) is 9.64. The lowest BCUT2D eigenvalue weighted by molar-refractivity contribution is -0.152. The molecule has 0 aliphatic heterocycles. The smallest absolute Gasteiger partial charge is 0.416 e. The number of alkyl halides is 3. The third-order valence-corrected chi connectivity index (χ3v) is 4.81. The van der Waals surface area contributed by atoms with Crippen LogP contribution in [0, 0.1) is 0 Å². The molecular formula is C20H16F3N3O3S. The van der Waals surface area contributed by atoms with Gasteiger partial charge in [0.2, 0.25) is 0 Å². The number of amides is 1. The van der Waals surface area contributed by atoms with Crippen molar-refractivity contribution in [2.24, 2.45) is 0 Å². The molecule has 3 rings (SSSR count). The Balaban J connectivity index is 1.55. The Hall–Kier alpha value is -3.27. The van der Waals surface area contributed by atoms with Crippen molar-refractivity contribution in [3.05, 3.63) is 65.3 Å². The van der Waals surface area contributed by atoms with Gasteiger partial charge in [-0.15, -0.1) is 11.3 Å². The van der Waals surface area contributed by atoms with Gasteiger partial charge in [0.25, 0.3) is 5.91 Å². The molecule has 0 bridgehead atoms. The number of halogens is 3. The van der Waals surface area contributed by atoms with E-state index in [0.717, 1.165) is 12.1 Å². The maximum atomic E-state index is 12.8. The number of nitrogens with zero attached hydrogens (tertiary/aromatic N) is 2. The molecule has 0 fully saturated rings. The van der Waals surface area contributed by atoms with Crippen molar-refractivity contribution in [1.82, 2.24) is 9.97 Å². The topological polar surface area (TPSA) is 81.2 Å². The minimum absolute atomic E-state index is 0.0442. The standard InChI is InChI=1S/C20H16F3N3O3S/c1-12(18(28)25-14-6-4-5-13(9-14)20(21,22)23)29-17(27)10-15-11-30-19(26-15)16-7-2-3-8-24-16/h2-9,11-12H,10H2,1H3,(H,25,28). The van der Waals surface area contributed by atoms with Crippen LogP contribution in [0.1, 0.15) is 18.2 Å². The second-order valence-corrected chi connectivity index (χ2v) is 7.09. The summed E-state index contributed by atoms with van der Waals surface area (Å²) in [6.45, 7) is 1.33. The van der Waals surface area contributed by atoms with Crippen LogP contribution in [-0.2, 0) is 26.9 Å². The molecule has 1 amide bonds. The highest BCUT2D eigenvalue weighted by atomic mass is 32.1. The predicted octanol–water partition coefficient (Wildman–Crippen LogP) is 4.34. The Morgan fingerprint density at radius 2 is 2.00 bits per heavy atom. The summed E-state index contributed by atoms with van der Waals surface area (Å²) in [6.07, 6.45) is -4.23. The highest BCUT2D eigenvalue weighted by molar-refractivity contribution is 7.13. The number of carbonyl (C=O) groups excluding carboxylic acids is 2. The van der Waals surface area contributed by atoms with Gasteiger partial charge in [-0.2, -0.15) is 13.2 Å². The number of nitrogens with one attached hydrogen (secondary N) is 1. The SMILES string of the molecule is CC(OC(=O)Cc1csc(-c2ccccn2)n1)C(=O)Nc1cccc(C(F)(F)F)c1. The molecule has 1 aromatic carbocycles. The number of rotatable bonds is 6. The molecule has 2 heterocycles. The van der Waals surface area contributed by atoms with E-state index in [4.69, 9.17) is 4.74 Å². The number of ether oxygens (including phenoxy) is 1. The lowest BCUT2D eigenvalue weighted by atomic mass is 10.2. The van der Waals surface area contributed by atoms with E-state index < -0.39 is 29.7 Å². The van der Waals surface area contributed by atoms with E-state index in [0.29, 0.717) is 16.4 Å². The highest BCUT2D eigenvalue weighted by Gasteiger charge is 2.30. The lowest BCUT2D eigenvalue weighted by Crippen LogP contribution is -2.30. The summed E-state index contributed by atoms with van der Waals surface area (Å²) < 4.78 is 43.4. The van der Waals surface area contributed by atoms with Gasteiger partial charge in [0, 0.05) is 17.3 Å². The van der Waals surface area contributed by atoms with E-state index in [9.17, 15) is 22.8 Å². The molecule has 2 aromatic heterocycles. The number of aromatic nitrogens is 2. The van der Waals surface area contributed by atoms with Gasteiger partial charge in [-0.3, -0.25) is 14.6 Å². The highest BCUT2D eigenvalue weighted by Crippen LogP contribution is 2.30. The van der Waals surface area contributed by atoms with Crippen LogP contribution in [0.4, 0.5) is 18.9 Å². The Kier molecular flexibility index (Phi) is 6.46. The molecule has 0 aliphatic carbocycles. The predicted molar refractivity (Wildman–Crippen MR) is 105 cm³/mol. The first kappa shape index (κ1) is 21.4. The van der Waals surface area contributed by atoms with Crippen LogP contribution in [0.5, 0.6) is 0 Å². The zero-order chi connectivity index (χ0) is 21.7. The number of carbonyl (C=O) groups is 2. The third kappa shape index (κ3) is 5.63. The van der Waals surface area contributed by atoms with Crippen molar-refractivity contribution in [2.75, 3.05) is 5.32 Å². The molecule has 156 valence electrons. The molecule has 1 unspecified atom stereocenters. The molecule has 0 saturated carbocycles. The van der Waals surface area contributed by atoms with Crippen molar-refractivity contribution < 1.29 is 27.5 Å². The van der Waals surface area contributed by atoms with Crippen LogP contribution in [0.15, 0.2) is 54.0 Å². The van der Waals surface area contributed by atoms with Gasteiger partial charge >= 0.3 is 12.1 Å². The maximum absolute atomic E-state index is 12.8. The number of pyridine rings is 1. The van der Waals surface area contributed by atoms with Crippen LogP contribution in [0.25, 0.3) is 10.7 Å². The van der Waals surface area contributed by atoms with Gasteiger partial charge < -0.3 is 10.1 Å². The van der Waals surface area contributed by atoms with Crippen LogP contribution in [-0.4, -0.2) is 27.9 Å². The van der Waals surface area contributed by atoms with Crippen molar-refractivity contribution in [1.29, 1.82) is 0 Å². The molecule has 0 radical (unpaired) electrons. The second kappa shape index (κ2) is 9.04. The Labute approximate surface area is 173 Å². The van der Waals surface area contributed by atoms with Gasteiger partial charge in [-0.1, -0.05) is 12.1 Å². The molecule has 1 atom stereocenters. The fourth-order valence-electron chi connectivity index (χ4n) is 2.45. The zero-order valence-electron chi connectivity index (χ0n) is 15.6. The Morgan fingerprint density at radius 1 is 1.20 bits per heavy atom. The number of thiazole rings is 1. The maximum Gasteiger partial charge on any atom is 0.416 e. The van der Waals surface area contributed by atoms with E-state index in [1.165, 1.54) is 30.4 Å². The summed E-state index contributed by atoms with van der Waals surface area (Å²) in [5.74, 6) is -1.42. The fraction of sp³-hybridized carbons (Fsp3) is 0.200. The average Bonchev–Trinajstić information content (AvgIpc) is 3.16. The molecule has 0 saturated heterocycles. The van der Waals surface area contributed by atoms with Crippen molar-refractivity contribution in [3.8, 4) is 10.7 Å². The monoisotopic (exact) mass is 435 g/mol. The zero-order valence-corrected chi connectivity index (χ0v) is 16.5. The Bertz CT molecular complexity index is 1040. The van der Waals surface area contributed by atoms with Crippen LogP contribution in [0.2, 0.25) is 0 Å². The summed E-state index contributed by atoms with van der Waals surface area (Å²) in [7, 11) is 0. The van der Waals surface area contributed by atoms with Crippen molar-refractivity contribution in [2.45, 2.75) is 25.6 Å². The number of esters is 1. The van der Waals surface area contributed by atoms with E-state index in [1.54, 1.807) is 23.7 Å². The molecule has 0 spiro atoms. The van der Waals surface area contributed by atoms with Gasteiger partial charge in [0.1, 0.15) is 5.01 Å². The van der Waals surface area contributed by atoms with E-state index in [1.807, 2.05) is 6.07 Å². The van der Waals surface area contributed by atoms with E-state index in [-0.39, 0.29) is 12.1 Å². The summed E-state index contributed by atoms with van der Waals surface area (Å²) in [5.41, 5.74) is 0.210. The number of anilines is 1.